The molecule has 0 spiro atoms. The molecule has 0 aliphatic heterocycles. The highest BCUT2D eigenvalue weighted by Crippen LogP contribution is 2.45. The Morgan fingerprint density at radius 2 is 0.646 bits per heavy atom. The van der Waals surface area contributed by atoms with Crippen LogP contribution in [0.3, 0.4) is 0 Å². The Hall–Kier alpha value is -6.24. The second-order valence-corrected chi connectivity index (χ2v) is 12.2. The SMILES string of the molecule is [2H]c1c([2H])c2c([2H])c([2H])c3c(-c4ccccc4-c4ccc5ccccc5c4)c([2H])c([2H])c4c([2H])c([2H])c(c1-c1ccccc1-c1ccc5ccccc5c1)c2c43. The van der Waals surface area contributed by atoms with E-state index in [2.05, 4.69) is 12.1 Å². The van der Waals surface area contributed by atoms with Gasteiger partial charge in [-0.15, -0.1) is 0 Å². The van der Waals surface area contributed by atoms with Crippen LogP contribution in [0.1, 0.15) is 11.0 Å². The van der Waals surface area contributed by atoms with Crippen molar-refractivity contribution in [1.29, 1.82) is 0 Å². The van der Waals surface area contributed by atoms with Crippen LogP contribution in [0.4, 0.5) is 0 Å². The molecule has 10 aromatic rings. The van der Waals surface area contributed by atoms with Crippen LogP contribution < -0.4 is 0 Å². The average molecular weight is 615 g/mol. The summed E-state index contributed by atoms with van der Waals surface area (Å²) < 4.78 is 75.6. The summed E-state index contributed by atoms with van der Waals surface area (Å²) in [7, 11) is 0. The molecule has 0 fully saturated rings. The van der Waals surface area contributed by atoms with Gasteiger partial charge in [0.15, 0.2) is 0 Å². The summed E-state index contributed by atoms with van der Waals surface area (Å²) in [6.45, 7) is 0. The van der Waals surface area contributed by atoms with Crippen LogP contribution in [0.2, 0.25) is 0 Å². The Balaban J connectivity index is 1.35. The van der Waals surface area contributed by atoms with Gasteiger partial charge in [-0.1, -0.05) is 170 Å². The van der Waals surface area contributed by atoms with E-state index in [1.54, 1.807) is 0 Å². The van der Waals surface area contributed by atoms with Crippen molar-refractivity contribution in [3.63, 3.8) is 0 Å². The van der Waals surface area contributed by atoms with Gasteiger partial charge >= 0.3 is 0 Å². The third-order valence-electron chi connectivity index (χ3n) is 9.51. The molecule has 0 bridgehead atoms. The lowest BCUT2D eigenvalue weighted by Gasteiger charge is -2.19. The second-order valence-electron chi connectivity index (χ2n) is 12.2. The maximum absolute atomic E-state index is 9.51. The first kappa shape index (κ1) is 20.1. The molecule has 0 N–H and O–H groups in total. The number of fused-ring (bicyclic) bond motifs is 2. The Labute approximate surface area is 290 Å². The molecule has 0 saturated heterocycles. The van der Waals surface area contributed by atoms with E-state index in [-0.39, 0.29) is 81.0 Å². The third-order valence-corrected chi connectivity index (χ3v) is 9.51. The van der Waals surface area contributed by atoms with Crippen molar-refractivity contribution in [3.05, 3.63) is 182 Å². The topological polar surface area (TPSA) is 0 Å². The van der Waals surface area contributed by atoms with Crippen LogP contribution in [0, 0.1) is 0 Å². The molecule has 0 atom stereocenters. The Bertz CT molecular complexity index is 3070. The minimum atomic E-state index is -0.296. The lowest BCUT2D eigenvalue weighted by Crippen LogP contribution is -1.92. The van der Waals surface area contributed by atoms with Gasteiger partial charge in [0, 0.05) is 0 Å². The maximum Gasteiger partial charge on any atom is 0.0630 e. The number of benzene rings is 10. The lowest BCUT2D eigenvalue weighted by molar-refractivity contribution is 1.61. The van der Waals surface area contributed by atoms with Crippen LogP contribution in [0.5, 0.6) is 0 Å². The van der Waals surface area contributed by atoms with Crippen molar-refractivity contribution in [2.75, 3.05) is 0 Å². The van der Waals surface area contributed by atoms with Gasteiger partial charge in [-0.3, -0.25) is 0 Å². The molecule has 0 heteroatoms. The standard InChI is InChI=1S/C48H30/c1-3-11-35-29-37(19-17-31(35)9-1)39-13-5-7-15-41(39)43-25-21-33-24-28-46-44(26-22-34-23-27-45(43)47(33)48(34)46)42-16-8-6-14-40(42)38-20-18-32-10-2-4-12-36(32)30-38/h1-30H/i21D,22D,23D,24D,25D,26D,27D,28D. The summed E-state index contributed by atoms with van der Waals surface area (Å²) >= 11 is 0. The zero-order valence-electron chi connectivity index (χ0n) is 33.7. The van der Waals surface area contributed by atoms with E-state index >= 15 is 0 Å². The van der Waals surface area contributed by atoms with Crippen molar-refractivity contribution in [2.24, 2.45) is 0 Å². The Morgan fingerprint density at radius 1 is 0.271 bits per heavy atom. The molecule has 10 rings (SSSR count). The molecule has 0 saturated carbocycles. The van der Waals surface area contributed by atoms with E-state index in [4.69, 9.17) is 0 Å². The van der Waals surface area contributed by atoms with E-state index in [1.807, 2.05) is 121 Å². The monoisotopic (exact) mass is 614 g/mol. The van der Waals surface area contributed by atoms with Crippen molar-refractivity contribution in [3.8, 4) is 44.5 Å². The van der Waals surface area contributed by atoms with Crippen LogP contribution in [-0.2, 0) is 0 Å². The predicted octanol–water partition coefficient (Wildman–Crippen LogP) is 13.6. The largest absolute Gasteiger partial charge is 0.0630 e. The third kappa shape index (κ3) is 4.16. The summed E-state index contributed by atoms with van der Waals surface area (Å²) in [6, 6.07) is 41.4. The van der Waals surface area contributed by atoms with Gasteiger partial charge in [-0.2, -0.15) is 0 Å². The smallest absolute Gasteiger partial charge is 0.0616 e. The number of hydrogen-bond donors (Lipinski definition) is 0. The van der Waals surface area contributed by atoms with Crippen LogP contribution in [0.25, 0.3) is 98.4 Å². The highest BCUT2D eigenvalue weighted by atomic mass is 14.2. The number of rotatable bonds is 4. The van der Waals surface area contributed by atoms with E-state index in [9.17, 15) is 11.0 Å². The Morgan fingerprint density at radius 3 is 1.10 bits per heavy atom. The fourth-order valence-electron chi connectivity index (χ4n) is 7.21. The minimum Gasteiger partial charge on any atom is -0.0616 e. The first-order valence-electron chi connectivity index (χ1n) is 20.0. The van der Waals surface area contributed by atoms with Crippen molar-refractivity contribution >= 4 is 53.9 Å². The van der Waals surface area contributed by atoms with Gasteiger partial charge in [0.2, 0.25) is 0 Å². The van der Waals surface area contributed by atoms with Crippen molar-refractivity contribution in [2.45, 2.75) is 0 Å². The van der Waals surface area contributed by atoms with Crippen molar-refractivity contribution < 1.29 is 11.0 Å². The zero-order valence-corrected chi connectivity index (χ0v) is 25.7. The van der Waals surface area contributed by atoms with Gasteiger partial charge in [-0.25, -0.2) is 0 Å². The molecule has 0 aliphatic carbocycles. The molecule has 0 aromatic heterocycles. The van der Waals surface area contributed by atoms with E-state index in [0.29, 0.717) is 21.9 Å². The molecular weight excluding hydrogens is 577 g/mol. The summed E-state index contributed by atoms with van der Waals surface area (Å²) in [5, 5.41) is 5.29. The first-order chi connectivity index (χ1) is 27.2. The second kappa shape index (κ2) is 10.7. The van der Waals surface area contributed by atoms with E-state index in [0.717, 1.165) is 43.8 Å². The van der Waals surface area contributed by atoms with Crippen molar-refractivity contribution in [1.82, 2.24) is 0 Å². The molecule has 48 heavy (non-hydrogen) atoms. The van der Waals surface area contributed by atoms with Crippen LogP contribution >= 0.6 is 0 Å². The first-order valence-corrected chi connectivity index (χ1v) is 16.0. The lowest BCUT2D eigenvalue weighted by atomic mass is 9.84. The summed E-state index contributed by atoms with van der Waals surface area (Å²) in [6.07, 6.45) is 0. The Kier molecular flexibility index (Phi) is 4.46. The van der Waals surface area contributed by atoms with E-state index in [1.165, 1.54) is 0 Å². The molecule has 0 heterocycles. The molecular formula is C48H30. The van der Waals surface area contributed by atoms with Crippen LogP contribution in [0.15, 0.2) is 182 Å². The molecule has 0 radical (unpaired) electrons. The highest BCUT2D eigenvalue weighted by Gasteiger charge is 2.18. The molecule has 222 valence electrons. The molecule has 0 amide bonds. The fraction of sp³-hybridized carbons (Fsp3) is 0. The summed E-state index contributed by atoms with van der Waals surface area (Å²) in [4.78, 5) is 0. The van der Waals surface area contributed by atoms with Gasteiger partial charge in [-0.05, 0) is 111 Å². The molecule has 0 aliphatic rings. The zero-order chi connectivity index (χ0) is 38.6. The summed E-state index contributed by atoms with van der Waals surface area (Å²) in [5.41, 5.74) is 5.07. The quantitative estimate of drug-likeness (QED) is 0.173. The van der Waals surface area contributed by atoms with Gasteiger partial charge in [0.1, 0.15) is 0 Å². The van der Waals surface area contributed by atoms with Gasteiger partial charge < -0.3 is 0 Å². The molecule has 10 aromatic carbocycles. The van der Waals surface area contributed by atoms with Gasteiger partial charge in [0.25, 0.3) is 0 Å². The molecule has 0 nitrogen and oxygen atoms in total. The number of hydrogen-bond acceptors (Lipinski definition) is 0. The van der Waals surface area contributed by atoms with Gasteiger partial charge in [0.05, 0.1) is 11.0 Å². The summed E-state index contributed by atoms with van der Waals surface area (Å²) in [5.74, 6) is 0. The molecule has 0 unspecified atom stereocenters. The predicted molar refractivity (Wildman–Crippen MR) is 207 cm³/mol. The van der Waals surface area contributed by atoms with E-state index < -0.39 is 0 Å². The average Bonchev–Trinajstić information content (AvgIpc) is 3.23. The normalized spacial score (nSPS) is 14.1. The van der Waals surface area contributed by atoms with Crippen LogP contribution in [-0.4, -0.2) is 0 Å². The maximum atomic E-state index is 9.51. The highest BCUT2D eigenvalue weighted by molar-refractivity contribution is 6.28. The fourth-order valence-corrected chi connectivity index (χ4v) is 7.21. The minimum absolute atomic E-state index is 0.0267.